The summed E-state index contributed by atoms with van der Waals surface area (Å²) in [5.41, 5.74) is 1.80. The van der Waals surface area contributed by atoms with Gasteiger partial charge < -0.3 is 4.74 Å². The molecule has 0 radical (unpaired) electrons. The van der Waals surface area contributed by atoms with Crippen molar-refractivity contribution in [1.29, 1.82) is 0 Å². The smallest absolute Gasteiger partial charge is 0.306 e. The summed E-state index contributed by atoms with van der Waals surface area (Å²) < 4.78 is 6.16. The number of ether oxygens (including phenoxy) is 1. The number of carbonyl (C=O) groups is 2. The van der Waals surface area contributed by atoms with Crippen molar-refractivity contribution in [2.45, 2.75) is 123 Å². The molecular formula is C30H46O3. The van der Waals surface area contributed by atoms with Gasteiger partial charge in [-0.05, 0) is 93.5 Å². The van der Waals surface area contributed by atoms with Crippen LogP contribution in [0.1, 0.15) is 117 Å². The second-order valence-corrected chi connectivity index (χ2v) is 12.0. The molecule has 3 nitrogen and oxygen atoms in total. The molecule has 184 valence electrons. The molecule has 0 amide bonds. The quantitative estimate of drug-likeness (QED) is 0.193. The number of hydrogen-bond donors (Lipinski definition) is 0. The van der Waals surface area contributed by atoms with Crippen LogP contribution in [0.4, 0.5) is 0 Å². The number of unbranched alkanes of at least 4 members (excludes halogenated alkanes) is 6. The van der Waals surface area contributed by atoms with Crippen molar-refractivity contribution in [2.24, 2.45) is 28.6 Å². The Hall–Kier alpha value is -1.38. The molecule has 3 fully saturated rings. The van der Waals surface area contributed by atoms with Crippen LogP contribution >= 0.6 is 0 Å². The zero-order valence-electron chi connectivity index (χ0n) is 21.2. The van der Waals surface area contributed by atoms with E-state index in [1.54, 1.807) is 0 Å². The molecule has 0 aliphatic heterocycles. The van der Waals surface area contributed by atoms with E-state index in [1.165, 1.54) is 50.5 Å². The molecule has 4 aliphatic rings. The highest BCUT2D eigenvalue weighted by Gasteiger charge is 2.59. The fourth-order valence-corrected chi connectivity index (χ4v) is 8.19. The van der Waals surface area contributed by atoms with Gasteiger partial charge in [0.2, 0.25) is 0 Å². The zero-order valence-corrected chi connectivity index (χ0v) is 21.2. The Kier molecular flexibility index (Phi) is 7.86. The number of esters is 1. The first kappa shape index (κ1) is 24.7. The number of fused-ring (bicyclic) bond motifs is 5. The number of allylic oxidation sites excluding steroid dienone is 2. The van der Waals surface area contributed by atoms with Crippen molar-refractivity contribution < 1.29 is 14.3 Å². The molecule has 0 heterocycles. The van der Waals surface area contributed by atoms with Crippen LogP contribution in [-0.4, -0.2) is 17.9 Å². The van der Waals surface area contributed by atoms with Crippen LogP contribution in [0.5, 0.6) is 0 Å². The van der Waals surface area contributed by atoms with Gasteiger partial charge in [-0.3, -0.25) is 9.59 Å². The van der Waals surface area contributed by atoms with Crippen LogP contribution in [0.25, 0.3) is 0 Å². The summed E-state index contributed by atoms with van der Waals surface area (Å²) in [6.07, 6.45) is 21.6. The molecular weight excluding hydrogens is 408 g/mol. The second-order valence-electron chi connectivity index (χ2n) is 12.0. The zero-order chi connectivity index (χ0) is 23.5. The summed E-state index contributed by atoms with van der Waals surface area (Å²) in [6.45, 7) is 8.63. The minimum atomic E-state index is 0.0299. The van der Waals surface area contributed by atoms with Crippen molar-refractivity contribution >= 4 is 11.8 Å². The van der Waals surface area contributed by atoms with Crippen LogP contribution in [-0.2, 0) is 14.3 Å². The number of ketones is 1. The first-order valence-corrected chi connectivity index (χ1v) is 13.9. The summed E-state index contributed by atoms with van der Waals surface area (Å²) in [5, 5.41) is 0. The Balaban J connectivity index is 1.27. The highest BCUT2D eigenvalue weighted by molar-refractivity contribution is 5.91. The van der Waals surface area contributed by atoms with Gasteiger partial charge >= 0.3 is 5.97 Å². The largest absolute Gasteiger partial charge is 0.462 e. The van der Waals surface area contributed by atoms with E-state index < -0.39 is 0 Å². The lowest BCUT2D eigenvalue weighted by Gasteiger charge is -2.57. The monoisotopic (exact) mass is 454 g/mol. The third-order valence-electron chi connectivity index (χ3n) is 10.2. The van der Waals surface area contributed by atoms with Gasteiger partial charge in [0.15, 0.2) is 5.78 Å². The van der Waals surface area contributed by atoms with Crippen LogP contribution in [0.2, 0.25) is 0 Å². The van der Waals surface area contributed by atoms with E-state index in [1.807, 2.05) is 12.2 Å². The van der Waals surface area contributed by atoms with Gasteiger partial charge in [0, 0.05) is 18.3 Å². The molecule has 3 heteroatoms. The molecule has 0 aromatic heterocycles. The number of rotatable bonds is 10. The van der Waals surface area contributed by atoms with E-state index in [9.17, 15) is 9.59 Å². The maximum atomic E-state index is 12.7. The lowest BCUT2D eigenvalue weighted by Crippen LogP contribution is -2.51. The minimum absolute atomic E-state index is 0.0299. The summed E-state index contributed by atoms with van der Waals surface area (Å²) in [5.74, 6) is 2.46. The number of carbonyl (C=O) groups excluding carboxylic acids is 2. The molecule has 4 rings (SSSR count). The van der Waals surface area contributed by atoms with Crippen LogP contribution < -0.4 is 0 Å². The van der Waals surface area contributed by atoms with Gasteiger partial charge in [-0.1, -0.05) is 51.2 Å². The van der Waals surface area contributed by atoms with Crippen molar-refractivity contribution in [3.05, 3.63) is 24.3 Å². The van der Waals surface area contributed by atoms with Gasteiger partial charge in [0.25, 0.3) is 0 Å². The predicted octanol–water partition coefficient (Wildman–Crippen LogP) is 7.74. The summed E-state index contributed by atoms with van der Waals surface area (Å²) >= 11 is 0. The first-order valence-electron chi connectivity index (χ1n) is 13.9. The Bertz CT molecular complexity index is 767. The molecule has 33 heavy (non-hydrogen) atoms. The van der Waals surface area contributed by atoms with E-state index in [0.29, 0.717) is 24.0 Å². The molecule has 0 saturated heterocycles. The van der Waals surface area contributed by atoms with Crippen molar-refractivity contribution in [3.63, 3.8) is 0 Å². The molecule has 0 aromatic rings. The average molecular weight is 455 g/mol. The second kappa shape index (κ2) is 10.5. The Labute approximate surface area is 201 Å². The van der Waals surface area contributed by atoms with Gasteiger partial charge in [0.05, 0.1) is 0 Å². The Morgan fingerprint density at radius 1 is 1.00 bits per heavy atom. The lowest BCUT2D eigenvalue weighted by atomic mass is 9.47. The normalized spacial score (nSPS) is 37.5. The number of hydrogen-bond acceptors (Lipinski definition) is 3. The molecule has 0 N–H and O–H groups in total. The van der Waals surface area contributed by atoms with Crippen LogP contribution in [0, 0.1) is 28.6 Å². The maximum absolute atomic E-state index is 12.7. The highest BCUT2D eigenvalue weighted by Crippen LogP contribution is 2.65. The molecule has 3 saturated carbocycles. The molecule has 0 spiro atoms. The summed E-state index contributed by atoms with van der Waals surface area (Å²) in [6, 6.07) is 0. The summed E-state index contributed by atoms with van der Waals surface area (Å²) in [4.78, 5) is 24.7. The van der Waals surface area contributed by atoms with E-state index in [-0.39, 0.29) is 22.9 Å². The summed E-state index contributed by atoms with van der Waals surface area (Å²) in [7, 11) is 0. The van der Waals surface area contributed by atoms with Gasteiger partial charge in [-0.15, -0.1) is 6.58 Å². The van der Waals surface area contributed by atoms with Gasteiger partial charge in [0.1, 0.15) is 6.10 Å². The highest BCUT2D eigenvalue weighted by atomic mass is 16.5. The van der Waals surface area contributed by atoms with E-state index in [0.717, 1.165) is 57.3 Å². The predicted molar refractivity (Wildman–Crippen MR) is 134 cm³/mol. The Morgan fingerprint density at radius 3 is 2.55 bits per heavy atom. The standard InChI is InChI=1S/C30H46O3/c1-4-5-6-7-8-9-10-11-12-28(32)33-27-16-15-25-24-14-13-22-21-23(31)17-19-29(22,2)26(24)18-20-30(25,27)3/h4,21,24-27H,1,5-20H2,2-3H3/t24-,25-,26-,27-,29-,30-/m0/s1. The van der Waals surface area contributed by atoms with E-state index in [4.69, 9.17) is 4.74 Å². The third kappa shape index (κ3) is 5.03. The molecule has 0 bridgehead atoms. The van der Waals surface area contributed by atoms with E-state index in [2.05, 4.69) is 20.4 Å². The third-order valence-corrected chi connectivity index (χ3v) is 10.2. The van der Waals surface area contributed by atoms with Gasteiger partial charge in [-0.2, -0.15) is 0 Å². The molecule has 4 aliphatic carbocycles. The fourth-order valence-electron chi connectivity index (χ4n) is 8.19. The van der Waals surface area contributed by atoms with Crippen molar-refractivity contribution in [1.82, 2.24) is 0 Å². The maximum Gasteiger partial charge on any atom is 0.306 e. The van der Waals surface area contributed by atoms with E-state index >= 15 is 0 Å². The van der Waals surface area contributed by atoms with Gasteiger partial charge in [-0.25, -0.2) is 0 Å². The topological polar surface area (TPSA) is 43.4 Å². The SMILES string of the molecule is C=CCCCCCCCCC(=O)O[C@H]1CC[C@H]2[C@@H]3CCC4=CC(=O)CC[C@]4(C)[C@H]3CC[C@]12C. The van der Waals surface area contributed by atoms with Crippen LogP contribution in [0.15, 0.2) is 24.3 Å². The fraction of sp³-hybridized carbons (Fsp3) is 0.800. The first-order chi connectivity index (χ1) is 15.9. The average Bonchev–Trinajstić information content (AvgIpc) is 3.12. The van der Waals surface area contributed by atoms with Crippen molar-refractivity contribution in [3.8, 4) is 0 Å². The molecule has 0 unspecified atom stereocenters. The Morgan fingerprint density at radius 2 is 1.76 bits per heavy atom. The van der Waals surface area contributed by atoms with Crippen LogP contribution in [0.3, 0.4) is 0 Å². The minimum Gasteiger partial charge on any atom is -0.462 e. The molecule has 0 aromatic carbocycles. The lowest BCUT2D eigenvalue weighted by molar-refractivity contribution is -0.160. The van der Waals surface area contributed by atoms with Crippen molar-refractivity contribution in [2.75, 3.05) is 0 Å². The molecule has 6 atom stereocenters.